The van der Waals surface area contributed by atoms with Crippen LogP contribution >= 0.6 is 0 Å². The Bertz CT molecular complexity index is 1170. The zero-order valence-electron chi connectivity index (χ0n) is 21.0. The first-order valence-electron chi connectivity index (χ1n) is 12.7. The third-order valence-corrected chi connectivity index (χ3v) is 7.61. The Balaban J connectivity index is 1.57. The average Bonchev–Trinajstić information content (AvgIpc) is 3.52. The quantitative estimate of drug-likeness (QED) is 0.614. The summed E-state index contributed by atoms with van der Waals surface area (Å²) in [4.78, 5) is 53.7. The van der Waals surface area contributed by atoms with Crippen LogP contribution in [0.1, 0.15) is 49.0 Å². The molecule has 3 aliphatic rings. The lowest BCUT2D eigenvalue weighted by Gasteiger charge is -2.42. The molecule has 1 fully saturated rings. The molecule has 3 amide bonds. The Labute approximate surface area is 210 Å². The fourth-order valence-corrected chi connectivity index (χ4v) is 5.50. The van der Waals surface area contributed by atoms with E-state index in [4.69, 9.17) is 9.15 Å². The summed E-state index contributed by atoms with van der Waals surface area (Å²) in [7, 11) is 0. The average molecular weight is 493 g/mol. The van der Waals surface area contributed by atoms with Crippen molar-refractivity contribution in [1.82, 2.24) is 14.8 Å². The summed E-state index contributed by atoms with van der Waals surface area (Å²) in [5.41, 5.74) is 2.88. The highest BCUT2D eigenvalue weighted by molar-refractivity contribution is 6.43. The van der Waals surface area contributed by atoms with E-state index in [-0.39, 0.29) is 35.3 Å². The molecule has 1 aromatic carbocycles. The van der Waals surface area contributed by atoms with Crippen molar-refractivity contribution in [2.75, 3.05) is 26.3 Å². The van der Waals surface area contributed by atoms with E-state index in [0.717, 1.165) is 11.1 Å². The van der Waals surface area contributed by atoms with Gasteiger partial charge in [-0.3, -0.25) is 14.4 Å². The van der Waals surface area contributed by atoms with Gasteiger partial charge in [-0.05, 0) is 29.9 Å². The van der Waals surface area contributed by atoms with Crippen LogP contribution in [0.3, 0.4) is 0 Å². The van der Waals surface area contributed by atoms with Gasteiger partial charge in [0.2, 0.25) is 0 Å². The number of benzene rings is 1. The molecule has 0 spiro atoms. The molecule has 190 valence electrons. The summed E-state index contributed by atoms with van der Waals surface area (Å²) >= 11 is 0. The number of aliphatic imine (C=N–C) groups is 1. The lowest BCUT2D eigenvalue weighted by Crippen LogP contribution is -2.60. The molecule has 36 heavy (non-hydrogen) atoms. The third kappa shape index (κ3) is 4.36. The maximum atomic E-state index is 14.2. The second kappa shape index (κ2) is 9.97. The first kappa shape index (κ1) is 24.4. The van der Waals surface area contributed by atoms with E-state index in [1.807, 2.05) is 38.1 Å². The summed E-state index contributed by atoms with van der Waals surface area (Å²) in [6, 6.07) is 6.12. The van der Waals surface area contributed by atoms with Crippen molar-refractivity contribution in [3.05, 3.63) is 53.2 Å². The standard InChI is InChI=1S/C27H32N4O5/c1-4-16(2)23-25(32)29-22(20-13-18-7-5-6-8-19(18)14-20)26(33)31(23)24(21-15-36-17(3)28-21)27(34)30-9-11-35-12-10-30/h5-8,15-16,20,23-24H,4,9-14H2,1-3H3/t16-,23+,24+/m0/s1. The molecule has 9 heteroatoms. The van der Waals surface area contributed by atoms with Crippen LogP contribution in [0.15, 0.2) is 39.9 Å². The number of carbonyl (C=O) groups excluding carboxylic acids is 3. The van der Waals surface area contributed by atoms with Gasteiger partial charge in [-0.1, -0.05) is 44.5 Å². The minimum Gasteiger partial charge on any atom is -0.449 e. The fraction of sp³-hybridized carbons (Fsp3) is 0.519. The number of morpholine rings is 1. The van der Waals surface area contributed by atoms with Crippen LogP contribution in [0.25, 0.3) is 0 Å². The van der Waals surface area contributed by atoms with Crippen molar-refractivity contribution in [3.63, 3.8) is 0 Å². The number of aryl methyl sites for hydroxylation is 1. The zero-order chi connectivity index (χ0) is 25.4. The highest BCUT2D eigenvalue weighted by Crippen LogP contribution is 2.36. The van der Waals surface area contributed by atoms with Gasteiger partial charge in [-0.25, -0.2) is 9.98 Å². The predicted molar refractivity (Wildman–Crippen MR) is 131 cm³/mol. The minimum absolute atomic E-state index is 0.194. The van der Waals surface area contributed by atoms with Gasteiger partial charge in [0.25, 0.3) is 17.7 Å². The van der Waals surface area contributed by atoms with E-state index in [1.165, 1.54) is 11.2 Å². The van der Waals surface area contributed by atoms with Gasteiger partial charge in [-0.2, -0.15) is 0 Å². The molecule has 0 N–H and O–H groups in total. The van der Waals surface area contributed by atoms with Gasteiger partial charge >= 0.3 is 0 Å². The smallest absolute Gasteiger partial charge is 0.270 e. The van der Waals surface area contributed by atoms with Gasteiger partial charge < -0.3 is 19.0 Å². The Morgan fingerprint density at radius 1 is 1.14 bits per heavy atom. The maximum absolute atomic E-state index is 14.2. The lowest BCUT2D eigenvalue weighted by molar-refractivity contribution is -0.153. The molecular formula is C27H32N4O5. The number of nitrogens with zero attached hydrogens (tertiary/aromatic N) is 4. The monoisotopic (exact) mass is 492 g/mol. The fourth-order valence-electron chi connectivity index (χ4n) is 5.50. The number of amides is 3. The topological polar surface area (TPSA) is 105 Å². The van der Waals surface area contributed by atoms with Gasteiger partial charge in [0.05, 0.1) is 13.2 Å². The van der Waals surface area contributed by atoms with Crippen molar-refractivity contribution in [1.29, 1.82) is 0 Å². The van der Waals surface area contributed by atoms with Crippen LogP contribution in [0.5, 0.6) is 0 Å². The molecule has 5 rings (SSSR count). The summed E-state index contributed by atoms with van der Waals surface area (Å²) in [5.74, 6) is -1.05. The Morgan fingerprint density at radius 2 is 1.81 bits per heavy atom. The number of carbonyl (C=O) groups is 3. The molecule has 2 aliphatic heterocycles. The van der Waals surface area contributed by atoms with Gasteiger partial charge in [0, 0.05) is 25.9 Å². The Kier molecular flexibility index (Phi) is 6.75. The van der Waals surface area contributed by atoms with Crippen molar-refractivity contribution in [3.8, 4) is 0 Å². The maximum Gasteiger partial charge on any atom is 0.270 e. The second-order valence-electron chi connectivity index (χ2n) is 9.88. The summed E-state index contributed by atoms with van der Waals surface area (Å²) in [6.07, 6.45) is 3.35. The number of fused-ring (bicyclic) bond motifs is 1. The molecule has 1 aromatic heterocycles. The molecule has 3 atom stereocenters. The molecule has 0 unspecified atom stereocenters. The largest absolute Gasteiger partial charge is 0.449 e. The van der Waals surface area contributed by atoms with Crippen LogP contribution < -0.4 is 0 Å². The van der Waals surface area contributed by atoms with E-state index in [0.29, 0.717) is 57.2 Å². The number of ether oxygens (including phenoxy) is 1. The predicted octanol–water partition coefficient (Wildman–Crippen LogP) is 2.52. The highest BCUT2D eigenvalue weighted by atomic mass is 16.5. The van der Waals surface area contributed by atoms with Crippen LogP contribution in [0.2, 0.25) is 0 Å². The molecule has 0 bridgehead atoms. The van der Waals surface area contributed by atoms with E-state index in [9.17, 15) is 14.4 Å². The zero-order valence-corrected chi connectivity index (χ0v) is 21.0. The first-order chi connectivity index (χ1) is 17.4. The normalized spacial score (nSPS) is 22.4. The molecule has 9 nitrogen and oxygen atoms in total. The minimum atomic E-state index is -1.08. The van der Waals surface area contributed by atoms with E-state index in [2.05, 4.69) is 9.98 Å². The molecule has 1 aliphatic carbocycles. The van der Waals surface area contributed by atoms with Crippen molar-refractivity contribution in [2.24, 2.45) is 16.8 Å². The molecule has 1 saturated heterocycles. The molecule has 3 heterocycles. The van der Waals surface area contributed by atoms with E-state index >= 15 is 0 Å². The number of hydrogen-bond acceptors (Lipinski definition) is 6. The number of rotatable bonds is 6. The number of hydrogen-bond donors (Lipinski definition) is 0. The summed E-state index contributed by atoms with van der Waals surface area (Å²) in [5, 5.41) is 0. The molecule has 0 radical (unpaired) electrons. The van der Waals surface area contributed by atoms with Gasteiger partial charge in [-0.15, -0.1) is 0 Å². The van der Waals surface area contributed by atoms with Crippen LogP contribution in [0.4, 0.5) is 0 Å². The number of aromatic nitrogens is 1. The SMILES string of the molecule is CC[C@H](C)[C@@H]1C(=O)N=C(C2Cc3ccccc3C2)C(=O)N1[C@@H](C(=O)N1CCOCC1)c1coc(C)n1. The van der Waals surface area contributed by atoms with Crippen LogP contribution in [0, 0.1) is 18.8 Å². The summed E-state index contributed by atoms with van der Waals surface area (Å²) in [6.45, 7) is 7.24. The lowest BCUT2D eigenvalue weighted by atomic mass is 9.89. The van der Waals surface area contributed by atoms with Crippen molar-refractivity contribution in [2.45, 2.75) is 52.1 Å². The van der Waals surface area contributed by atoms with Crippen molar-refractivity contribution < 1.29 is 23.5 Å². The van der Waals surface area contributed by atoms with Gasteiger partial charge in [0.15, 0.2) is 11.9 Å². The molecular weight excluding hydrogens is 460 g/mol. The van der Waals surface area contributed by atoms with Crippen molar-refractivity contribution >= 4 is 23.4 Å². The van der Waals surface area contributed by atoms with Crippen LogP contribution in [-0.4, -0.2) is 70.6 Å². The van der Waals surface area contributed by atoms with Gasteiger partial charge in [0.1, 0.15) is 23.7 Å². The first-order valence-corrected chi connectivity index (χ1v) is 12.7. The van der Waals surface area contributed by atoms with E-state index < -0.39 is 12.1 Å². The van der Waals surface area contributed by atoms with Crippen LogP contribution in [-0.2, 0) is 32.0 Å². The highest BCUT2D eigenvalue weighted by Gasteiger charge is 2.49. The number of oxazole rings is 1. The Hall–Kier alpha value is -3.33. The second-order valence-corrected chi connectivity index (χ2v) is 9.88. The third-order valence-electron chi connectivity index (χ3n) is 7.61. The summed E-state index contributed by atoms with van der Waals surface area (Å²) < 4.78 is 10.9. The molecule has 0 saturated carbocycles. The van der Waals surface area contributed by atoms with E-state index in [1.54, 1.807) is 11.8 Å². The Morgan fingerprint density at radius 3 is 2.39 bits per heavy atom. The molecule has 2 aromatic rings.